The number of amides is 1. The highest BCUT2D eigenvalue weighted by Crippen LogP contribution is 2.16. The third kappa shape index (κ3) is 4.17. The van der Waals surface area contributed by atoms with E-state index >= 15 is 0 Å². The minimum Gasteiger partial charge on any atom is -0.497 e. The number of methoxy groups -OCH3 is 1. The van der Waals surface area contributed by atoms with E-state index < -0.39 is 17.5 Å². The van der Waals surface area contributed by atoms with Crippen LogP contribution in [-0.4, -0.2) is 19.6 Å². The highest BCUT2D eigenvalue weighted by molar-refractivity contribution is 5.93. The summed E-state index contributed by atoms with van der Waals surface area (Å²) in [4.78, 5) is 11.7. The molecular weight excluding hydrogens is 278 g/mol. The predicted octanol–water partition coefficient (Wildman–Crippen LogP) is 3.02. The number of halogens is 2. The molecular formula is C15H14F2N2O2. The number of benzene rings is 2. The smallest absolute Gasteiger partial charge is 0.243 e. The van der Waals surface area contributed by atoms with E-state index in [1.807, 2.05) is 0 Å². The molecule has 2 aromatic carbocycles. The summed E-state index contributed by atoms with van der Waals surface area (Å²) in [6.07, 6.45) is 0. The first-order chi connectivity index (χ1) is 10.1. The SMILES string of the molecule is COc1ccc(NCC(=O)Nc2ccc(F)cc2F)cc1. The zero-order chi connectivity index (χ0) is 15.2. The van der Waals surface area contributed by atoms with Crippen molar-refractivity contribution in [1.82, 2.24) is 0 Å². The molecule has 0 atom stereocenters. The first-order valence-corrected chi connectivity index (χ1v) is 6.21. The van der Waals surface area contributed by atoms with Crippen LogP contribution in [-0.2, 0) is 4.79 Å². The van der Waals surface area contributed by atoms with Crippen molar-refractivity contribution in [2.45, 2.75) is 0 Å². The van der Waals surface area contributed by atoms with Gasteiger partial charge in [-0.1, -0.05) is 0 Å². The molecule has 110 valence electrons. The van der Waals surface area contributed by atoms with E-state index in [0.29, 0.717) is 11.8 Å². The van der Waals surface area contributed by atoms with Gasteiger partial charge in [0.15, 0.2) is 0 Å². The molecule has 0 aliphatic carbocycles. The first kappa shape index (κ1) is 14.8. The van der Waals surface area contributed by atoms with Gasteiger partial charge in [-0.2, -0.15) is 0 Å². The van der Waals surface area contributed by atoms with E-state index in [2.05, 4.69) is 10.6 Å². The third-order valence-electron chi connectivity index (χ3n) is 2.75. The minimum absolute atomic E-state index is 0.0385. The van der Waals surface area contributed by atoms with Gasteiger partial charge in [-0.3, -0.25) is 4.79 Å². The monoisotopic (exact) mass is 292 g/mol. The molecule has 2 aromatic rings. The molecule has 0 aromatic heterocycles. The molecule has 1 amide bonds. The molecule has 0 unspecified atom stereocenters. The van der Waals surface area contributed by atoms with Crippen LogP contribution in [0.1, 0.15) is 0 Å². The molecule has 0 aliphatic rings. The normalized spacial score (nSPS) is 10.0. The van der Waals surface area contributed by atoms with E-state index in [-0.39, 0.29) is 12.2 Å². The van der Waals surface area contributed by atoms with Crippen molar-refractivity contribution in [3.8, 4) is 5.75 Å². The van der Waals surface area contributed by atoms with Crippen molar-refractivity contribution < 1.29 is 18.3 Å². The van der Waals surface area contributed by atoms with Crippen LogP contribution >= 0.6 is 0 Å². The molecule has 0 spiro atoms. The van der Waals surface area contributed by atoms with Crippen LogP contribution in [0.15, 0.2) is 42.5 Å². The van der Waals surface area contributed by atoms with Crippen LogP contribution in [0.4, 0.5) is 20.2 Å². The van der Waals surface area contributed by atoms with Crippen LogP contribution in [0.3, 0.4) is 0 Å². The second kappa shape index (κ2) is 6.69. The largest absolute Gasteiger partial charge is 0.497 e. The molecule has 0 radical (unpaired) electrons. The zero-order valence-corrected chi connectivity index (χ0v) is 11.3. The lowest BCUT2D eigenvalue weighted by molar-refractivity contribution is -0.114. The van der Waals surface area contributed by atoms with Crippen LogP contribution in [0.2, 0.25) is 0 Å². The Morgan fingerprint density at radius 3 is 2.48 bits per heavy atom. The Morgan fingerprint density at radius 2 is 1.86 bits per heavy atom. The number of ether oxygens (including phenoxy) is 1. The molecule has 0 saturated carbocycles. The van der Waals surface area contributed by atoms with Gasteiger partial charge >= 0.3 is 0 Å². The van der Waals surface area contributed by atoms with Crippen molar-refractivity contribution in [3.05, 3.63) is 54.1 Å². The van der Waals surface area contributed by atoms with Gasteiger partial charge in [-0.15, -0.1) is 0 Å². The third-order valence-corrected chi connectivity index (χ3v) is 2.75. The van der Waals surface area contributed by atoms with E-state index in [1.165, 1.54) is 6.07 Å². The Hall–Kier alpha value is -2.63. The fourth-order valence-electron chi connectivity index (χ4n) is 1.68. The van der Waals surface area contributed by atoms with Gasteiger partial charge in [0.2, 0.25) is 5.91 Å². The topological polar surface area (TPSA) is 50.4 Å². The van der Waals surface area contributed by atoms with Gasteiger partial charge in [0, 0.05) is 11.8 Å². The van der Waals surface area contributed by atoms with Crippen LogP contribution in [0.25, 0.3) is 0 Å². The Bertz CT molecular complexity index is 630. The summed E-state index contributed by atoms with van der Waals surface area (Å²) in [6.45, 7) is -0.0385. The Morgan fingerprint density at radius 1 is 1.14 bits per heavy atom. The fraction of sp³-hybridized carbons (Fsp3) is 0.133. The van der Waals surface area contributed by atoms with Crippen molar-refractivity contribution in [2.24, 2.45) is 0 Å². The van der Waals surface area contributed by atoms with Gasteiger partial charge < -0.3 is 15.4 Å². The molecule has 0 saturated heterocycles. The minimum atomic E-state index is -0.812. The fourth-order valence-corrected chi connectivity index (χ4v) is 1.68. The molecule has 21 heavy (non-hydrogen) atoms. The molecule has 0 aliphatic heterocycles. The predicted molar refractivity (Wildman–Crippen MR) is 76.5 cm³/mol. The van der Waals surface area contributed by atoms with Gasteiger partial charge in [-0.25, -0.2) is 8.78 Å². The standard InChI is InChI=1S/C15H14F2N2O2/c1-21-12-5-3-11(4-6-12)18-9-15(20)19-14-7-2-10(16)8-13(14)17/h2-8,18H,9H2,1H3,(H,19,20). The van der Waals surface area contributed by atoms with Gasteiger partial charge in [-0.05, 0) is 36.4 Å². The number of hydrogen-bond acceptors (Lipinski definition) is 3. The second-order valence-electron chi connectivity index (χ2n) is 4.25. The molecule has 6 heteroatoms. The van der Waals surface area contributed by atoms with Crippen molar-refractivity contribution in [3.63, 3.8) is 0 Å². The summed E-state index contributed by atoms with van der Waals surface area (Å²) < 4.78 is 31.1. The van der Waals surface area contributed by atoms with E-state index in [9.17, 15) is 13.6 Å². The summed E-state index contributed by atoms with van der Waals surface area (Å²) in [6, 6.07) is 9.98. The van der Waals surface area contributed by atoms with Gasteiger partial charge in [0.25, 0.3) is 0 Å². The molecule has 4 nitrogen and oxygen atoms in total. The summed E-state index contributed by atoms with van der Waals surface area (Å²) in [5.74, 6) is -1.23. The number of anilines is 2. The van der Waals surface area contributed by atoms with Crippen LogP contribution in [0.5, 0.6) is 5.75 Å². The molecule has 2 N–H and O–H groups in total. The van der Waals surface area contributed by atoms with Crippen molar-refractivity contribution in [2.75, 3.05) is 24.3 Å². The number of rotatable bonds is 5. The van der Waals surface area contributed by atoms with Gasteiger partial charge in [0.1, 0.15) is 17.4 Å². The number of hydrogen-bond donors (Lipinski definition) is 2. The van der Waals surface area contributed by atoms with Crippen LogP contribution in [0, 0.1) is 11.6 Å². The highest BCUT2D eigenvalue weighted by Gasteiger charge is 2.07. The highest BCUT2D eigenvalue weighted by atomic mass is 19.1. The maximum atomic E-state index is 13.4. The summed E-state index contributed by atoms with van der Waals surface area (Å²) in [5.41, 5.74) is 0.670. The quantitative estimate of drug-likeness (QED) is 0.890. The Balaban J connectivity index is 1.89. The maximum Gasteiger partial charge on any atom is 0.243 e. The maximum absolute atomic E-state index is 13.4. The van der Waals surface area contributed by atoms with Crippen molar-refractivity contribution in [1.29, 1.82) is 0 Å². The van der Waals surface area contributed by atoms with E-state index in [4.69, 9.17) is 4.74 Å². The average Bonchev–Trinajstić information content (AvgIpc) is 2.48. The summed E-state index contributed by atoms with van der Waals surface area (Å²) >= 11 is 0. The number of carbonyl (C=O) groups excluding carboxylic acids is 1. The Labute approximate surface area is 120 Å². The zero-order valence-electron chi connectivity index (χ0n) is 11.3. The van der Waals surface area contributed by atoms with Gasteiger partial charge in [0.05, 0.1) is 19.3 Å². The number of carbonyl (C=O) groups is 1. The Kier molecular flexibility index (Phi) is 4.71. The van der Waals surface area contributed by atoms with E-state index in [1.54, 1.807) is 31.4 Å². The molecule has 0 bridgehead atoms. The first-order valence-electron chi connectivity index (χ1n) is 6.21. The molecule has 0 fully saturated rings. The number of nitrogens with one attached hydrogen (secondary N) is 2. The summed E-state index contributed by atoms with van der Waals surface area (Å²) in [7, 11) is 1.56. The lowest BCUT2D eigenvalue weighted by Crippen LogP contribution is -2.22. The van der Waals surface area contributed by atoms with Crippen LogP contribution < -0.4 is 15.4 Å². The second-order valence-corrected chi connectivity index (χ2v) is 4.25. The molecule has 0 heterocycles. The molecule has 2 rings (SSSR count). The lowest BCUT2D eigenvalue weighted by Gasteiger charge is -2.09. The van der Waals surface area contributed by atoms with Crippen molar-refractivity contribution >= 4 is 17.3 Å². The average molecular weight is 292 g/mol. The summed E-state index contributed by atoms with van der Waals surface area (Å²) in [5, 5.41) is 5.25. The van der Waals surface area contributed by atoms with E-state index in [0.717, 1.165) is 11.8 Å². The lowest BCUT2D eigenvalue weighted by atomic mass is 10.3.